The van der Waals surface area contributed by atoms with Crippen LogP contribution in [-0.4, -0.2) is 54.5 Å². The molecule has 0 aromatic rings. The number of nitrogens with zero attached hydrogens (tertiary/aromatic N) is 1. The van der Waals surface area contributed by atoms with E-state index in [4.69, 9.17) is 9.84 Å². The quantitative estimate of drug-likeness (QED) is 0.743. The number of rotatable bonds is 5. The van der Waals surface area contributed by atoms with Gasteiger partial charge in [0.25, 0.3) is 0 Å². The molecule has 94 valence electrons. The molecule has 1 heterocycles. The largest absolute Gasteiger partial charge is 0.465 e. The first-order valence-corrected chi connectivity index (χ1v) is 6.01. The van der Waals surface area contributed by atoms with Crippen molar-refractivity contribution >= 4 is 6.09 Å². The fraction of sp³-hybridized carbons (Fsp3) is 0.909. The minimum atomic E-state index is -0.847. The van der Waals surface area contributed by atoms with Gasteiger partial charge in [0.15, 0.2) is 0 Å². The number of likely N-dealkylation sites (tertiary alicyclic amines) is 1. The lowest BCUT2D eigenvalue weighted by Crippen LogP contribution is -2.54. The van der Waals surface area contributed by atoms with Gasteiger partial charge in [0.1, 0.15) is 0 Å². The SMILES string of the molecule is CCCO[C@H]1CN(C(=O)O)CC[C@H]1NCC. The second kappa shape index (κ2) is 6.70. The van der Waals surface area contributed by atoms with Crippen molar-refractivity contribution in [2.24, 2.45) is 0 Å². The smallest absolute Gasteiger partial charge is 0.407 e. The van der Waals surface area contributed by atoms with Gasteiger partial charge in [0.2, 0.25) is 0 Å². The molecule has 0 aromatic carbocycles. The van der Waals surface area contributed by atoms with Crippen LogP contribution in [0.5, 0.6) is 0 Å². The highest BCUT2D eigenvalue weighted by Gasteiger charge is 2.31. The first-order valence-electron chi connectivity index (χ1n) is 6.01. The van der Waals surface area contributed by atoms with E-state index in [-0.39, 0.29) is 12.1 Å². The zero-order chi connectivity index (χ0) is 12.0. The van der Waals surface area contributed by atoms with Crippen LogP contribution in [0.1, 0.15) is 26.7 Å². The van der Waals surface area contributed by atoms with E-state index in [0.717, 1.165) is 19.4 Å². The van der Waals surface area contributed by atoms with E-state index < -0.39 is 6.09 Å². The third-order valence-electron chi connectivity index (χ3n) is 2.83. The summed E-state index contributed by atoms with van der Waals surface area (Å²) >= 11 is 0. The van der Waals surface area contributed by atoms with Crippen molar-refractivity contribution in [1.29, 1.82) is 0 Å². The third kappa shape index (κ3) is 3.64. The number of nitrogens with one attached hydrogen (secondary N) is 1. The molecule has 5 heteroatoms. The third-order valence-corrected chi connectivity index (χ3v) is 2.83. The number of hydrogen-bond acceptors (Lipinski definition) is 3. The van der Waals surface area contributed by atoms with Crippen LogP contribution in [0, 0.1) is 0 Å². The first-order chi connectivity index (χ1) is 7.69. The molecule has 1 aliphatic heterocycles. The molecule has 0 saturated carbocycles. The fourth-order valence-corrected chi connectivity index (χ4v) is 2.02. The van der Waals surface area contributed by atoms with Crippen LogP contribution in [0.4, 0.5) is 4.79 Å². The fourth-order valence-electron chi connectivity index (χ4n) is 2.02. The molecule has 0 radical (unpaired) electrons. The summed E-state index contributed by atoms with van der Waals surface area (Å²) in [5.74, 6) is 0. The summed E-state index contributed by atoms with van der Waals surface area (Å²) in [6.45, 7) is 6.77. The molecule has 16 heavy (non-hydrogen) atoms. The molecule has 1 aliphatic rings. The number of ether oxygens (including phenoxy) is 1. The van der Waals surface area contributed by atoms with E-state index in [1.165, 1.54) is 4.90 Å². The molecule has 1 saturated heterocycles. The second-order valence-corrected chi connectivity index (χ2v) is 4.09. The summed E-state index contributed by atoms with van der Waals surface area (Å²) in [5.41, 5.74) is 0. The lowest BCUT2D eigenvalue weighted by molar-refractivity contribution is -0.0170. The lowest BCUT2D eigenvalue weighted by atomic mass is 10.0. The highest BCUT2D eigenvalue weighted by atomic mass is 16.5. The highest BCUT2D eigenvalue weighted by molar-refractivity contribution is 5.65. The van der Waals surface area contributed by atoms with Crippen molar-refractivity contribution in [3.63, 3.8) is 0 Å². The van der Waals surface area contributed by atoms with E-state index in [2.05, 4.69) is 19.2 Å². The average molecular weight is 230 g/mol. The summed E-state index contributed by atoms with van der Waals surface area (Å²) in [4.78, 5) is 12.3. The van der Waals surface area contributed by atoms with E-state index in [0.29, 0.717) is 19.7 Å². The van der Waals surface area contributed by atoms with Crippen LogP contribution < -0.4 is 5.32 Å². The molecule has 0 spiro atoms. The van der Waals surface area contributed by atoms with E-state index in [1.54, 1.807) is 0 Å². The summed E-state index contributed by atoms with van der Waals surface area (Å²) in [6.07, 6.45) is 0.932. The zero-order valence-electron chi connectivity index (χ0n) is 10.1. The Morgan fingerprint density at radius 3 is 2.88 bits per heavy atom. The Morgan fingerprint density at radius 2 is 2.31 bits per heavy atom. The maximum absolute atomic E-state index is 10.9. The van der Waals surface area contributed by atoms with Crippen molar-refractivity contribution < 1.29 is 14.6 Å². The summed E-state index contributed by atoms with van der Waals surface area (Å²) in [7, 11) is 0. The van der Waals surface area contributed by atoms with Crippen LogP contribution in [0.25, 0.3) is 0 Å². The van der Waals surface area contributed by atoms with Gasteiger partial charge in [-0.05, 0) is 19.4 Å². The van der Waals surface area contributed by atoms with Crippen LogP contribution >= 0.6 is 0 Å². The van der Waals surface area contributed by atoms with Crippen LogP contribution in [0.2, 0.25) is 0 Å². The Morgan fingerprint density at radius 1 is 1.56 bits per heavy atom. The Balaban J connectivity index is 2.50. The van der Waals surface area contributed by atoms with E-state index >= 15 is 0 Å². The molecule has 2 atom stereocenters. The van der Waals surface area contributed by atoms with Gasteiger partial charge < -0.3 is 20.1 Å². The first kappa shape index (κ1) is 13.3. The molecule has 5 nitrogen and oxygen atoms in total. The molecule has 1 rings (SSSR count). The summed E-state index contributed by atoms with van der Waals surface area (Å²) in [5, 5.41) is 12.3. The van der Waals surface area contributed by atoms with Gasteiger partial charge >= 0.3 is 6.09 Å². The number of hydrogen-bond donors (Lipinski definition) is 2. The molecule has 1 fully saturated rings. The predicted octanol–water partition coefficient (Wildman–Crippen LogP) is 1.14. The number of carboxylic acid groups (broad SMARTS) is 1. The molecule has 0 aliphatic carbocycles. The number of likely N-dealkylation sites (N-methyl/N-ethyl adjacent to an activating group) is 1. The molecule has 0 aromatic heterocycles. The monoisotopic (exact) mass is 230 g/mol. The Bertz CT molecular complexity index is 223. The van der Waals surface area contributed by atoms with Gasteiger partial charge in [-0.15, -0.1) is 0 Å². The molecular formula is C11H22N2O3. The average Bonchev–Trinajstić information content (AvgIpc) is 2.27. The summed E-state index contributed by atoms with van der Waals surface area (Å²) < 4.78 is 5.71. The van der Waals surface area contributed by atoms with Crippen LogP contribution in [0.3, 0.4) is 0 Å². The molecular weight excluding hydrogens is 208 g/mol. The van der Waals surface area contributed by atoms with Gasteiger partial charge in [0.05, 0.1) is 12.6 Å². The topological polar surface area (TPSA) is 61.8 Å². The van der Waals surface area contributed by atoms with Gasteiger partial charge in [-0.3, -0.25) is 0 Å². The van der Waals surface area contributed by atoms with Gasteiger partial charge in [0, 0.05) is 19.2 Å². The lowest BCUT2D eigenvalue weighted by Gasteiger charge is -2.37. The number of piperidine rings is 1. The second-order valence-electron chi connectivity index (χ2n) is 4.09. The minimum absolute atomic E-state index is 0.00949. The van der Waals surface area contributed by atoms with Crippen LogP contribution in [0.15, 0.2) is 0 Å². The highest BCUT2D eigenvalue weighted by Crippen LogP contribution is 2.14. The van der Waals surface area contributed by atoms with E-state index in [1.807, 2.05) is 0 Å². The normalized spacial score (nSPS) is 25.8. The predicted molar refractivity (Wildman–Crippen MR) is 61.7 cm³/mol. The van der Waals surface area contributed by atoms with Crippen molar-refractivity contribution in [1.82, 2.24) is 10.2 Å². The maximum Gasteiger partial charge on any atom is 0.407 e. The molecule has 0 bridgehead atoms. The minimum Gasteiger partial charge on any atom is -0.465 e. The zero-order valence-corrected chi connectivity index (χ0v) is 10.1. The van der Waals surface area contributed by atoms with E-state index in [9.17, 15) is 4.79 Å². The van der Waals surface area contributed by atoms with Gasteiger partial charge in [-0.2, -0.15) is 0 Å². The number of amides is 1. The van der Waals surface area contributed by atoms with Crippen molar-refractivity contribution in [2.45, 2.75) is 38.8 Å². The van der Waals surface area contributed by atoms with Crippen molar-refractivity contribution in [2.75, 3.05) is 26.2 Å². The van der Waals surface area contributed by atoms with Gasteiger partial charge in [-0.1, -0.05) is 13.8 Å². The Labute approximate surface area is 96.8 Å². The standard InChI is InChI=1S/C11H22N2O3/c1-3-7-16-10-8-13(11(14)15)6-5-9(10)12-4-2/h9-10,12H,3-8H2,1-2H3,(H,14,15)/t9-,10+/m1/s1. The van der Waals surface area contributed by atoms with Crippen molar-refractivity contribution in [3.8, 4) is 0 Å². The van der Waals surface area contributed by atoms with Crippen LogP contribution in [-0.2, 0) is 4.74 Å². The Kier molecular flexibility index (Phi) is 5.55. The number of carbonyl (C=O) groups is 1. The Hall–Kier alpha value is -0.810. The molecule has 2 N–H and O–H groups in total. The summed E-state index contributed by atoms with van der Waals surface area (Å²) in [6, 6.07) is 0.284. The molecule has 0 unspecified atom stereocenters. The van der Waals surface area contributed by atoms with Crippen molar-refractivity contribution in [3.05, 3.63) is 0 Å². The maximum atomic E-state index is 10.9. The molecule has 1 amide bonds. The van der Waals surface area contributed by atoms with Gasteiger partial charge in [-0.25, -0.2) is 4.79 Å².